The summed E-state index contributed by atoms with van der Waals surface area (Å²) in [5.41, 5.74) is 0.870. The Morgan fingerprint density at radius 1 is 1.12 bits per heavy atom. The summed E-state index contributed by atoms with van der Waals surface area (Å²) in [4.78, 5) is 2.39. The van der Waals surface area contributed by atoms with E-state index in [9.17, 15) is 0 Å². The second-order valence-electron chi connectivity index (χ2n) is 6.75. The van der Waals surface area contributed by atoms with Gasteiger partial charge in [-0.05, 0) is 44.9 Å². The summed E-state index contributed by atoms with van der Waals surface area (Å²) in [5, 5.41) is 8.46. The monoisotopic (exact) mass is 341 g/mol. The van der Waals surface area contributed by atoms with Crippen LogP contribution in [0.15, 0.2) is 37.7 Å². The predicted octanol–water partition coefficient (Wildman–Crippen LogP) is 4.48. The first-order chi connectivity index (χ1) is 12.2. The first-order valence-corrected chi connectivity index (χ1v) is 8.85. The summed E-state index contributed by atoms with van der Waals surface area (Å²) in [5.74, 6) is 3.77. The molecule has 0 N–H and O–H groups in total. The number of aryl methyl sites for hydroxylation is 2. The third-order valence-corrected chi connectivity index (χ3v) is 4.86. The Labute approximate surface area is 146 Å². The standard InChI is InChI=1S/C19H23N3O3/c1-13-10-17(14(2)24-13)19-21-20-18(25-19)12-22(15-6-3-4-7-15)11-16-8-5-9-23-16/h5,8-10,15H,3-4,6-7,11-12H2,1-2H3. The van der Waals surface area contributed by atoms with Gasteiger partial charge in [-0.3, -0.25) is 4.90 Å². The molecule has 0 aliphatic heterocycles. The molecule has 1 aliphatic carbocycles. The van der Waals surface area contributed by atoms with E-state index in [4.69, 9.17) is 13.3 Å². The van der Waals surface area contributed by atoms with Crippen LogP contribution < -0.4 is 0 Å². The molecule has 0 spiro atoms. The number of nitrogens with zero attached hydrogens (tertiary/aromatic N) is 3. The lowest BCUT2D eigenvalue weighted by molar-refractivity contribution is 0.152. The molecule has 3 aromatic heterocycles. The van der Waals surface area contributed by atoms with E-state index in [2.05, 4.69) is 15.1 Å². The van der Waals surface area contributed by atoms with Gasteiger partial charge in [0.15, 0.2) is 0 Å². The fraction of sp³-hybridized carbons (Fsp3) is 0.474. The van der Waals surface area contributed by atoms with Crippen molar-refractivity contribution in [2.24, 2.45) is 0 Å². The van der Waals surface area contributed by atoms with Gasteiger partial charge in [-0.15, -0.1) is 10.2 Å². The molecule has 0 atom stereocenters. The topological polar surface area (TPSA) is 68.4 Å². The van der Waals surface area contributed by atoms with Gasteiger partial charge in [-0.25, -0.2) is 0 Å². The maximum absolute atomic E-state index is 5.92. The maximum atomic E-state index is 5.92. The highest BCUT2D eigenvalue weighted by Gasteiger charge is 2.25. The summed E-state index contributed by atoms with van der Waals surface area (Å²) in [6, 6.07) is 6.42. The van der Waals surface area contributed by atoms with E-state index < -0.39 is 0 Å². The Balaban J connectivity index is 1.52. The molecule has 4 rings (SSSR count). The lowest BCUT2D eigenvalue weighted by Gasteiger charge is -2.26. The van der Waals surface area contributed by atoms with Crippen molar-refractivity contribution < 1.29 is 13.3 Å². The normalized spacial score (nSPS) is 15.5. The van der Waals surface area contributed by atoms with Gasteiger partial charge in [-0.2, -0.15) is 0 Å². The van der Waals surface area contributed by atoms with Crippen LogP contribution >= 0.6 is 0 Å². The zero-order valence-electron chi connectivity index (χ0n) is 14.7. The third kappa shape index (κ3) is 3.54. The largest absolute Gasteiger partial charge is 0.468 e. The molecular weight excluding hydrogens is 318 g/mol. The highest BCUT2D eigenvalue weighted by atomic mass is 16.4. The summed E-state index contributed by atoms with van der Waals surface area (Å²) in [7, 11) is 0. The zero-order valence-corrected chi connectivity index (χ0v) is 14.7. The van der Waals surface area contributed by atoms with Crippen molar-refractivity contribution in [3.8, 4) is 11.5 Å². The molecular formula is C19H23N3O3. The average Bonchev–Trinajstić information content (AvgIpc) is 3.34. The Bertz CT molecular complexity index is 813. The van der Waals surface area contributed by atoms with Crippen molar-refractivity contribution in [3.63, 3.8) is 0 Å². The number of rotatable bonds is 6. The summed E-state index contributed by atoms with van der Waals surface area (Å²) in [6.45, 7) is 5.22. The van der Waals surface area contributed by atoms with E-state index >= 15 is 0 Å². The van der Waals surface area contributed by atoms with Gasteiger partial charge < -0.3 is 13.3 Å². The van der Waals surface area contributed by atoms with Crippen molar-refractivity contribution in [3.05, 3.63) is 47.6 Å². The van der Waals surface area contributed by atoms with E-state index in [1.165, 1.54) is 25.7 Å². The molecule has 0 unspecified atom stereocenters. The Hall–Kier alpha value is -2.34. The molecule has 132 valence electrons. The first-order valence-electron chi connectivity index (χ1n) is 8.85. The Kier molecular flexibility index (Phi) is 4.44. The Morgan fingerprint density at radius 3 is 2.64 bits per heavy atom. The van der Waals surface area contributed by atoms with Crippen LogP contribution in [0.25, 0.3) is 11.5 Å². The molecule has 1 fully saturated rings. The molecule has 0 bridgehead atoms. The van der Waals surface area contributed by atoms with E-state index in [0.29, 0.717) is 24.4 Å². The second-order valence-corrected chi connectivity index (χ2v) is 6.75. The lowest BCUT2D eigenvalue weighted by atomic mass is 10.2. The molecule has 0 radical (unpaired) electrons. The quantitative estimate of drug-likeness (QED) is 0.658. The van der Waals surface area contributed by atoms with Crippen LogP contribution in [-0.2, 0) is 13.1 Å². The minimum absolute atomic E-state index is 0.522. The molecule has 25 heavy (non-hydrogen) atoms. The Morgan fingerprint density at radius 2 is 1.96 bits per heavy atom. The van der Waals surface area contributed by atoms with Crippen molar-refractivity contribution in [1.29, 1.82) is 0 Å². The number of furan rings is 2. The van der Waals surface area contributed by atoms with Gasteiger partial charge in [0.25, 0.3) is 5.89 Å². The summed E-state index contributed by atoms with van der Waals surface area (Å²) >= 11 is 0. The lowest BCUT2D eigenvalue weighted by Crippen LogP contribution is -2.32. The molecule has 1 aliphatic rings. The van der Waals surface area contributed by atoms with Gasteiger partial charge in [0, 0.05) is 6.04 Å². The molecule has 0 amide bonds. The molecule has 3 heterocycles. The molecule has 3 aromatic rings. The van der Waals surface area contributed by atoms with Crippen molar-refractivity contribution >= 4 is 0 Å². The zero-order chi connectivity index (χ0) is 17.2. The van der Waals surface area contributed by atoms with Crippen LogP contribution in [0, 0.1) is 13.8 Å². The predicted molar refractivity (Wildman–Crippen MR) is 91.7 cm³/mol. The van der Waals surface area contributed by atoms with Gasteiger partial charge in [0.1, 0.15) is 17.3 Å². The molecule has 0 saturated heterocycles. The fourth-order valence-electron chi connectivity index (χ4n) is 3.63. The smallest absolute Gasteiger partial charge is 0.251 e. The van der Waals surface area contributed by atoms with Crippen LogP contribution in [-0.4, -0.2) is 21.1 Å². The van der Waals surface area contributed by atoms with Crippen LogP contribution in [0.4, 0.5) is 0 Å². The van der Waals surface area contributed by atoms with E-state index in [1.54, 1.807) is 6.26 Å². The molecule has 0 aromatic carbocycles. The number of hydrogen-bond donors (Lipinski definition) is 0. The van der Waals surface area contributed by atoms with Crippen LogP contribution in [0.1, 0.15) is 48.9 Å². The maximum Gasteiger partial charge on any atom is 0.251 e. The van der Waals surface area contributed by atoms with Crippen molar-refractivity contribution in [1.82, 2.24) is 15.1 Å². The van der Waals surface area contributed by atoms with Crippen LogP contribution in [0.2, 0.25) is 0 Å². The highest BCUT2D eigenvalue weighted by Crippen LogP contribution is 2.28. The van der Waals surface area contributed by atoms with Gasteiger partial charge >= 0.3 is 0 Å². The van der Waals surface area contributed by atoms with E-state index in [-0.39, 0.29) is 0 Å². The first kappa shape index (κ1) is 16.1. The van der Waals surface area contributed by atoms with Crippen molar-refractivity contribution in [2.45, 2.75) is 58.7 Å². The van der Waals surface area contributed by atoms with Crippen molar-refractivity contribution in [2.75, 3.05) is 0 Å². The number of hydrogen-bond acceptors (Lipinski definition) is 6. The SMILES string of the molecule is Cc1cc(-c2nnc(CN(Cc3ccco3)C3CCCC3)o2)c(C)o1. The highest BCUT2D eigenvalue weighted by molar-refractivity contribution is 5.55. The van der Waals surface area contributed by atoms with Crippen LogP contribution in [0.5, 0.6) is 0 Å². The summed E-state index contributed by atoms with van der Waals surface area (Å²) < 4.78 is 17.0. The van der Waals surface area contributed by atoms with Gasteiger partial charge in [0.05, 0.1) is 24.9 Å². The molecule has 6 heteroatoms. The average molecular weight is 341 g/mol. The number of aromatic nitrogens is 2. The molecule has 1 saturated carbocycles. The van der Waals surface area contributed by atoms with Gasteiger partial charge in [0.2, 0.25) is 5.89 Å². The van der Waals surface area contributed by atoms with Crippen LogP contribution in [0.3, 0.4) is 0 Å². The van der Waals surface area contributed by atoms with E-state index in [0.717, 1.165) is 29.4 Å². The minimum Gasteiger partial charge on any atom is -0.468 e. The summed E-state index contributed by atoms with van der Waals surface area (Å²) in [6.07, 6.45) is 6.70. The second kappa shape index (κ2) is 6.88. The minimum atomic E-state index is 0.522. The van der Waals surface area contributed by atoms with Gasteiger partial charge in [-0.1, -0.05) is 12.8 Å². The van der Waals surface area contributed by atoms with E-state index in [1.807, 2.05) is 32.0 Å². The molecule has 6 nitrogen and oxygen atoms in total. The fourth-order valence-corrected chi connectivity index (χ4v) is 3.63. The third-order valence-electron chi connectivity index (χ3n) is 4.86.